The van der Waals surface area contributed by atoms with Gasteiger partial charge in [0.1, 0.15) is 6.54 Å². The Hall–Kier alpha value is -0.650. The van der Waals surface area contributed by atoms with Crippen molar-refractivity contribution in [2.75, 3.05) is 27.2 Å². The molecule has 0 bridgehead atoms. The fraction of sp³-hybridized carbons (Fsp3) is 0.958. The molecule has 0 aromatic carbocycles. The largest absolute Gasteiger partial charge is 0.544 e. The highest BCUT2D eigenvalue weighted by atomic mass is 16.5. The van der Waals surface area contributed by atoms with Crippen LogP contribution in [-0.4, -0.2) is 48.9 Å². The molecule has 2 N–H and O–H groups in total. The molecule has 5 heteroatoms. The Labute approximate surface area is 180 Å². The summed E-state index contributed by atoms with van der Waals surface area (Å²) >= 11 is 0. The minimum Gasteiger partial charge on any atom is -0.544 e. The number of aliphatic carboxylic acids is 1. The number of carbonyl (C=O) groups excluding carboxylic acids is 1. The zero-order valence-electron chi connectivity index (χ0n) is 19.7. The van der Waals surface area contributed by atoms with Gasteiger partial charge in [-0.1, -0.05) is 96.8 Å². The number of carbonyl (C=O) groups is 1. The maximum atomic E-state index is 10.7. The van der Waals surface area contributed by atoms with E-state index < -0.39 is 5.97 Å². The molecule has 29 heavy (non-hydrogen) atoms. The van der Waals surface area contributed by atoms with E-state index in [1.54, 1.807) is 0 Å². The van der Waals surface area contributed by atoms with E-state index in [9.17, 15) is 15.1 Å². The number of unbranched alkanes of at least 4 members (excludes halogenated alkanes) is 13. The van der Waals surface area contributed by atoms with Gasteiger partial charge in [0.05, 0.1) is 26.6 Å². The maximum absolute atomic E-state index is 10.7. The highest BCUT2D eigenvalue weighted by molar-refractivity contribution is 5.65. The van der Waals surface area contributed by atoms with Crippen LogP contribution in [0.2, 0.25) is 0 Å². The average Bonchev–Trinajstić information content (AvgIpc) is 2.65. The Morgan fingerprint density at radius 2 is 1.21 bits per heavy atom. The van der Waals surface area contributed by atoms with Gasteiger partial charge < -0.3 is 19.6 Å². The molecule has 5 nitrogen and oxygen atoms in total. The third-order valence-electron chi connectivity index (χ3n) is 5.96. The number of nitrogens with zero attached hydrogens (tertiary/aromatic N) is 1. The Bertz CT molecular complexity index is 375. The molecule has 0 aliphatic carbocycles. The Morgan fingerprint density at radius 1 is 0.793 bits per heavy atom. The second kappa shape index (κ2) is 19.3. The molecule has 0 heterocycles. The summed E-state index contributed by atoms with van der Waals surface area (Å²) in [6, 6.07) is 0.121. The maximum Gasteiger partial charge on any atom is 0.119 e. The van der Waals surface area contributed by atoms with E-state index in [2.05, 4.69) is 12.4 Å². The van der Waals surface area contributed by atoms with Gasteiger partial charge in [-0.05, 0) is 19.3 Å². The number of hydrogen-bond acceptors (Lipinski definition) is 4. The lowest BCUT2D eigenvalue weighted by Gasteiger charge is -2.30. The normalized spacial score (nSPS) is 13.0. The molecule has 1 atom stereocenters. The molecule has 0 fully saturated rings. The summed E-state index contributed by atoms with van der Waals surface area (Å²) < 4.78 is 0.430. The second-order valence-electron chi connectivity index (χ2n) is 9.54. The summed E-state index contributed by atoms with van der Waals surface area (Å²) in [7, 11) is 3.82. The number of carboxylic acid groups (broad SMARTS) is 1. The van der Waals surface area contributed by atoms with E-state index in [1.807, 2.05) is 14.1 Å². The van der Waals surface area contributed by atoms with Crippen molar-refractivity contribution in [2.45, 2.75) is 122 Å². The number of hydrogen-bond donors (Lipinski definition) is 2. The van der Waals surface area contributed by atoms with Crippen molar-refractivity contribution in [3.8, 4) is 0 Å². The molecule has 0 radical (unpaired) electrons. The van der Waals surface area contributed by atoms with Crippen molar-refractivity contribution in [3.63, 3.8) is 0 Å². The van der Waals surface area contributed by atoms with Gasteiger partial charge in [-0.25, -0.2) is 5.48 Å². The Balaban J connectivity index is 3.46. The number of likely N-dealkylation sites (N-methyl/N-ethyl adjacent to an activating group) is 1. The molecule has 0 spiro atoms. The van der Waals surface area contributed by atoms with Gasteiger partial charge >= 0.3 is 0 Å². The third-order valence-corrected chi connectivity index (χ3v) is 5.96. The minimum absolute atomic E-state index is 0.0379. The van der Waals surface area contributed by atoms with Crippen LogP contribution < -0.4 is 10.6 Å². The predicted molar refractivity (Wildman–Crippen MR) is 120 cm³/mol. The zero-order valence-corrected chi connectivity index (χ0v) is 19.7. The summed E-state index contributed by atoms with van der Waals surface area (Å²) in [5, 5.41) is 20.1. The van der Waals surface area contributed by atoms with Crippen LogP contribution in [-0.2, 0) is 4.79 Å². The van der Waals surface area contributed by atoms with Crippen LogP contribution in [0.4, 0.5) is 0 Å². The van der Waals surface area contributed by atoms with Crippen molar-refractivity contribution < 1.29 is 19.6 Å². The third kappa shape index (κ3) is 20.4. The molecular weight excluding hydrogens is 364 g/mol. The van der Waals surface area contributed by atoms with Gasteiger partial charge in [-0.3, -0.25) is 0 Å². The SMILES string of the molecule is CCCCCCCCCCCCCCCCC(CCC[N+](C)(C)CC(=O)[O-])NO. The highest BCUT2D eigenvalue weighted by Gasteiger charge is 2.16. The first-order valence-electron chi connectivity index (χ1n) is 12.3. The van der Waals surface area contributed by atoms with Crippen LogP contribution in [0.15, 0.2) is 0 Å². The van der Waals surface area contributed by atoms with Crippen LogP contribution in [0.1, 0.15) is 116 Å². The van der Waals surface area contributed by atoms with Crippen molar-refractivity contribution in [3.05, 3.63) is 0 Å². The standard InChI is InChI=1S/C24H50N2O3/c1-4-5-6-7-8-9-10-11-12-13-14-15-16-17-19-23(25-29)20-18-21-26(2,3)22-24(27)28/h23,25,29H,4-22H2,1-3H3. The molecular formula is C24H50N2O3. The molecule has 0 rings (SSSR count). The van der Waals surface area contributed by atoms with E-state index in [1.165, 1.54) is 83.5 Å². The average molecular weight is 415 g/mol. The molecule has 1 unspecified atom stereocenters. The Kier molecular flexibility index (Phi) is 18.9. The van der Waals surface area contributed by atoms with Crippen LogP contribution in [0, 0.1) is 0 Å². The summed E-state index contributed by atoms with van der Waals surface area (Å²) in [6.07, 6.45) is 21.8. The van der Waals surface area contributed by atoms with E-state index in [0.717, 1.165) is 32.2 Å². The smallest absolute Gasteiger partial charge is 0.119 e. The first-order valence-corrected chi connectivity index (χ1v) is 12.3. The van der Waals surface area contributed by atoms with Crippen LogP contribution in [0.25, 0.3) is 0 Å². The lowest BCUT2D eigenvalue weighted by atomic mass is 10.0. The van der Waals surface area contributed by atoms with E-state index in [0.29, 0.717) is 4.48 Å². The van der Waals surface area contributed by atoms with Gasteiger partial charge in [0.2, 0.25) is 0 Å². The summed E-state index contributed by atoms with van der Waals surface area (Å²) in [6.45, 7) is 3.09. The fourth-order valence-corrected chi connectivity index (χ4v) is 4.05. The van der Waals surface area contributed by atoms with Gasteiger partial charge in [-0.2, -0.15) is 0 Å². The van der Waals surface area contributed by atoms with Crippen molar-refractivity contribution in [1.82, 2.24) is 5.48 Å². The molecule has 0 saturated heterocycles. The highest BCUT2D eigenvalue weighted by Crippen LogP contribution is 2.15. The molecule has 0 aromatic rings. The number of rotatable bonds is 22. The first kappa shape index (κ1) is 28.4. The fourth-order valence-electron chi connectivity index (χ4n) is 4.05. The zero-order chi connectivity index (χ0) is 21.8. The number of carboxylic acids is 1. The van der Waals surface area contributed by atoms with Crippen molar-refractivity contribution in [2.24, 2.45) is 0 Å². The summed E-state index contributed by atoms with van der Waals surface area (Å²) in [4.78, 5) is 10.7. The van der Waals surface area contributed by atoms with Crippen LogP contribution in [0.5, 0.6) is 0 Å². The van der Waals surface area contributed by atoms with E-state index in [-0.39, 0.29) is 12.6 Å². The molecule has 0 aliphatic rings. The van der Waals surface area contributed by atoms with Crippen molar-refractivity contribution in [1.29, 1.82) is 0 Å². The molecule has 174 valence electrons. The molecule has 0 saturated carbocycles. The van der Waals surface area contributed by atoms with Gasteiger partial charge in [0.25, 0.3) is 0 Å². The Morgan fingerprint density at radius 3 is 1.62 bits per heavy atom. The predicted octanol–water partition coefficient (Wildman–Crippen LogP) is 4.81. The summed E-state index contributed by atoms with van der Waals surface area (Å²) in [5.74, 6) is -1.01. The lowest BCUT2D eigenvalue weighted by molar-refractivity contribution is -0.885. The lowest BCUT2D eigenvalue weighted by Crippen LogP contribution is -2.49. The number of nitrogens with one attached hydrogen (secondary N) is 1. The molecule has 0 amide bonds. The molecule has 0 aromatic heterocycles. The summed E-state index contributed by atoms with van der Waals surface area (Å²) in [5.41, 5.74) is 2.44. The van der Waals surface area contributed by atoms with Crippen molar-refractivity contribution >= 4 is 5.97 Å². The van der Waals surface area contributed by atoms with Gasteiger partial charge in [0, 0.05) is 6.04 Å². The number of quaternary nitrogens is 1. The van der Waals surface area contributed by atoms with Gasteiger partial charge in [0.15, 0.2) is 0 Å². The topological polar surface area (TPSA) is 72.4 Å². The minimum atomic E-state index is -1.01. The van der Waals surface area contributed by atoms with Gasteiger partial charge in [-0.15, -0.1) is 0 Å². The van der Waals surface area contributed by atoms with Crippen LogP contribution >= 0.6 is 0 Å². The van der Waals surface area contributed by atoms with E-state index in [4.69, 9.17) is 0 Å². The number of hydroxylamine groups is 1. The first-order chi connectivity index (χ1) is 13.9. The monoisotopic (exact) mass is 414 g/mol. The quantitative estimate of drug-likeness (QED) is 0.151. The van der Waals surface area contributed by atoms with Crippen LogP contribution in [0.3, 0.4) is 0 Å². The second-order valence-corrected chi connectivity index (χ2v) is 9.54. The molecule has 0 aliphatic heterocycles. The van der Waals surface area contributed by atoms with E-state index >= 15 is 0 Å².